The van der Waals surface area contributed by atoms with E-state index in [1.807, 2.05) is 54.6 Å². The zero-order valence-corrected chi connectivity index (χ0v) is 14.6. The molecule has 1 aliphatic carbocycles. The van der Waals surface area contributed by atoms with Gasteiger partial charge in [-0.25, -0.2) is 4.98 Å². The van der Waals surface area contributed by atoms with E-state index in [-0.39, 0.29) is 5.78 Å². The minimum absolute atomic E-state index is 0.183. The maximum Gasteiger partial charge on any atom is 0.227 e. The zero-order chi connectivity index (χ0) is 17.9. The highest BCUT2D eigenvalue weighted by atomic mass is 16.5. The van der Waals surface area contributed by atoms with Crippen molar-refractivity contribution in [3.63, 3.8) is 0 Å². The van der Waals surface area contributed by atoms with Crippen molar-refractivity contribution in [3.05, 3.63) is 71.9 Å². The minimum atomic E-state index is 0.183. The maximum absolute atomic E-state index is 12.2. The number of carbonyl (C=O) groups is 1. The van der Waals surface area contributed by atoms with E-state index in [4.69, 9.17) is 9.47 Å². The molecule has 26 heavy (non-hydrogen) atoms. The Bertz CT molecular complexity index is 965. The molecule has 130 valence electrons. The topological polar surface area (TPSA) is 48.4 Å². The molecule has 4 rings (SSSR count). The lowest BCUT2D eigenvalue weighted by Crippen LogP contribution is -2.10. The molecule has 3 aromatic rings. The summed E-state index contributed by atoms with van der Waals surface area (Å²) in [5.41, 5.74) is 3.62. The van der Waals surface area contributed by atoms with Crippen molar-refractivity contribution in [2.45, 2.75) is 19.3 Å². The monoisotopic (exact) mass is 345 g/mol. The number of ketones is 1. The predicted octanol–water partition coefficient (Wildman–Crippen LogP) is 5.07. The lowest BCUT2D eigenvalue weighted by Gasteiger charge is -2.17. The number of pyridine rings is 1. The number of rotatable bonds is 4. The third-order valence-electron chi connectivity index (χ3n) is 4.61. The van der Waals surface area contributed by atoms with Crippen LogP contribution < -0.4 is 9.47 Å². The Morgan fingerprint density at radius 1 is 0.923 bits per heavy atom. The van der Waals surface area contributed by atoms with Crippen LogP contribution in [-0.2, 0) is 6.42 Å². The van der Waals surface area contributed by atoms with Crippen molar-refractivity contribution in [3.8, 4) is 28.5 Å². The highest BCUT2D eigenvalue weighted by Gasteiger charge is 2.19. The number of benzene rings is 2. The van der Waals surface area contributed by atoms with Crippen LogP contribution in [0.5, 0.6) is 17.4 Å². The number of ether oxygens (including phenoxy) is 2. The number of methoxy groups -OCH3 is 1. The van der Waals surface area contributed by atoms with Crippen molar-refractivity contribution >= 4 is 5.78 Å². The lowest BCUT2D eigenvalue weighted by molar-refractivity contribution is 0.0972. The summed E-state index contributed by atoms with van der Waals surface area (Å²) < 4.78 is 11.5. The summed E-state index contributed by atoms with van der Waals surface area (Å²) >= 11 is 0. The van der Waals surface area contributed by atoms with E-state index < -0.39 is 0 Å². The van der Waals surface area contributed by atoms with Crippen LogP contribution in [0.1, 0.15) is 28.8 Å². The number of para-hydroxylation sites is 1. The van der Waals surface area contributed by atoms with Gasteiger partial charge in [0.25, 0.3) is 0 Å². The first-order chi connectivity index (χ1) is 12.8. The van der Waals surface area contributed by atoms with Crippen molar-refractivity contribution in [1.29, 1.82) is 0 Å². The third-order valence-corrected chi connectivity index (χ3v) is 4.61. The molecule has 0 unspecified atom stereocenters. The van der Waals surface area contributed by atoms with Crippen LogP contribution in [0.15, 0.2) is 60.8 Å². The fourth-order valence-electron chi connectivity index (χ4n) is 3.33. The van der Waals surface area contributed by atoms with Gasteiger partial charge in [0.1, 0.15) is 11.5 Å². The number of fused-ring (bicyclic) bond motifs is 1. The molecule has 0 atom stereocenters. The summed E-state index contributed by atoms with van der Waals surface area (Å²) in [6.07, 6.45) is 4.16. The predicted molar refractivity (Wildman–Crippen MR) is 100 cm³/mol. The average Bonchev–Trinajstić information content (AvgIpc) is 2.69. The second-order valence-electron chi connectivity index (χ2n) is 6.25. The highest BCUT2D eigenvalue weighted by molar-refractivity contribution is 5.98. The molecule has 0 saturated carbocycles. The number of Topliss-reactive ketones (excluding diaryl/α,β-unsaturated/α-hetero) is 1. The van der Waals surface area contributed by atoms with Gasteiger partial charge >= 0.3 is 0 Å². The van der Waals surface area contributed by atoms with Gasteiger partial charge in [-0.05, 0) is 48.7 Å². The van der Waals surface area contributed by atoms with Gasteiger partial charge in [0.05, 0.1) is 7.11 Å². The summed E-state index contributed by atoms with van der Waals surface area (Å²) in [7, 11) is 1.64. The van der Waals surface area contributed by atoms with Gasteiger partial charge in [-0.2, -0.15) is 0 Å². The molecule has 0 bridgehead atoms. The summed E-state index contributed by atoms with van der Waals surface area (Å²) in [5, 5.41) is 0. The van der Waals surface area contributed by atoms with E-state index in [2.05, 4.69) is 4.98 Å². The molecule has 1 aliphatic rings. The van der Waals surface area contributed by atoms with Crippen molar-refractivity contribution in [2.24, 2.45) is 0 Å². The molecule has 0 saturated heterocycles. The molecule has 1 heterocycles. The second kappa shape index (κ2) is 7.00. The van der Waals surface area contributed by atoms with Gasteiger partial charge in [-0.3, -0.25) is 4.79 Å². The minimum Gasteiger partial charge on any atom is -0.496 e. The molecule has 0 amide bonds. The average molecular weight is 345 g/mol. The Balaban J connectivity index is 1.72. The summed E-state index contributed by atoms with van der Waals surface area (Å²) in [6, 6.07) is 17.3. The molecule has 0 fully saturated rings. The largest absolute Gasteiger partial charge is 0.496 e. The van der Waals surface area contributed by atoms with Gasteiger partial charge in [0.15, 0.2) is 5.78 Å². The van der Waals surface area contributed by atoms with E-state index in [0.29, 0.717) is 18.1 Å². The fourth-order valence-corrected chi connectivity index (χ4v) is 3.33. The molecule has 0 spiro atoms. The summed E-state index contributed by atoms with van der Waals surface area (Å²) in [6.45, 7) is 0. The smallest absolute Gasteiger partial charge is 0.227 e. The van der Waals surface area contributed by atoms with Crippen LogP contribution in [0, 0.1) is 0 Å². The quantitative estimate of drug-likeness (QED) is 0.662. The first-order valence-corrected chi connectivity index (χ1v) is 8.68. The third kappa shape index (κ3) is 3.06. The molecule has 4 nitrogen and oxygen atoms in total. The number of hydrogen-bond donors (Lipinski definition) is 0. The van der Waals surface area contributed by atoms with Crippen LogP contribution in [0.3, 0.4) is 0 Å². The molecule has 0 radical (unpaired) electrons. The van der Waals surface area contributed by atoms with Gasteiger partial charge in [-0.15, -0.1) is 0 Å². The molecule has 0 aliphatic heterocycles. The number of hydrogen-bond acceptors (Lipinski definition) is 4. The highest BCUT2D eigenvalue weighted by Crippen LogP contribution is 2.37. The first kappa shape index (κ1) is 16.3. The Kier molecular flexibility index (Phi) is 4.40. The molecular weight excluding hydrogens is 326 g/mol. The Hall–Kier alpha value is -3.14. The van der Waals surface area contributed by atoms with Crippen molar-refractivity contribution in [2.75, 3.05) is 7.11 Å². The number of aryl methyl sites for hydroxylation is 1. The van der Waals surface area contributed by atoms with E-state index in [1.165, 1.54) is 0 Å². The molecule has 2 aromatic carbocycles. The molecular formula is C22H19NO3. The SMILES string of the molecule is COc1ccccc1-c1cccnc1Oc1ccc2c(c1)C(=O)CCC2. The van der Waals surface area contributed by atoms with Crippen LogP contribution in [0.4, 0.5) is 0 Å². The normalized spacial score (nSPS) is 13.2. The van der Waals surface area contributed by atoms with Gasteiger partial charge in [0.2, 0.25) is 5.88 Å². The van der Waals surface area contributed by atoms with Gasteiger partial charge in [0, 0.05) is 29.3 Å². The van der Waals surface area contributed by atoms with Crippen LogP contribution in [0.25, 0.3) is 11.1 Å². The Morgan fingerprint density at radius 3 is 2.65 bits per heavy atom. The van der Waals surface area contributed by atoms with Crippen molar-refractivity contribution in [1.82, 2.24) is 4.98 Å². The standard InChI is InChI=1S/C22H19NO3/c1-25-21-10-3-2-7-17(21)18-8-5-13-23-22(18)26-16-12-11-15-6-4-9-20(24)19(15)14-16/h2-3,5,7-8,10-14H,4,6,9H2,1H3. The zero-order valence-electron chi connectivity index (χ0n) is 14.6. The van der Waals surface area contributed by atoms with Gasteiger partial charge in [-0.1, -0.05) is 24.3 Å². The second-order valence-corrected chi connectivity index (χ2v) is 6.25. The number of nitrogens with zero attached hydrogens (tertiary/aromatic N) is 1. The summed E-state index contributed by atoms with van der Waals surface area (Å²) in [5.74, 6) is 2.04. The van der Waals surface area contributed by atoms with E-state index in [1.54, 1.807) is 13.3 Å². The van der Waals surface area contributed by atoms with E-state index in [9.17, 15) is 4.79 Å². The first-order valence-electron chi connectivity index (χ1n) is 8.68. The van der Waals surface area contributed by atoms with Crippen LogP contribution in [0.2, 0.25) is 0 Å². The van der Waals surface area contributed by atoms with E-state index in [0.717, 1.165) is 40.8 Å². The molecule has 0 N–H and O–H groups in total. The lowest BCUT2D eigenvalue weighted by atomic mass is 9.90. The van der Waals surface area contributed by atoms with Crippen LogP contribution >= 0.6 is 0 Å². The molecule has 1 aromatic heterocycles. The fraction of sp³-hybridized carbons (Fsp3) is 0.182. The van der Waals surface area contributed by atoms with Gasteiger partial charge < -0.3 is 9.47 Å². The molecule has 4 heteroatoms. The summed E-state index contributed by atoms with van der Waals surface area (Å²) in [4.78, 5) is 16.6. The Morgan fingerprint density at radius 2 is 1.77 bits per heavy atom. The maximum atomic E-state index is 12.2. The van der Waals surface area contributed by atoms with Crippen molar-refractivity contribution < 1.29 is 14.3 Å². The van der Waals surface area contributed by atoms with E-state index >= 15 is 0 Å². The Labute approximate surface area is 152 Å². The number of carbonyl (C=O) groups excluding carboxylic acids is 1. The van der Waals surface area contributed by atoms with Crippen LogP contribution in [-0.4, -0.2) is 17.9 Å². The number of aromatic nitrogens is 1.